The van der Waals surface area contributed by atoms with Crippen LogP contribution in [0.15, 0.2) is 0 Å². The SMILES string of the molecule is CCNC1CCCCCCC1S(C)(=O)=O. The third kappa shape index (κ3) is 4.11. The van der Waals surface area contributed by atoms with Crippen molar-refractivity contribution in [3.05, 3.63) is 0 Å². The number of hydrogen-bond acceptors (Lipinski definition) is 3. The van der Waals surface area contributed by atoms with Gasteiger partial charge in [0.1, 0.15) is 0 Å². The van der Waals surface area contributed by atoms with Crippen molar-refractivity contribution in [1.82, 2.24) is 5.32 Å². The molecule has 1 N–H and O–H groups in total. The van der Waals surface area contributed by atoms with E-state index in [-0.39, 0.29) is 11.3 Å². The molecule has 0 bridgehead atoms. The van der Waals surface area contributed by atoms with E-state index in [0.29, 0.717) is 0 Å². The van der Waals surface area contributed by atoms with E-state index in [4.69, 9.17) is 0 Å². The Morgan fingerprint density at radius 3 is 2.27 bits per heavy atom. The maximum Gasteiger partial charge on any atom is 0.151 e. The van der Waals surface area contributed by atoms with Gasteiger partial charge in [-0.1, -0.05) is 32.6 Å². The van der Waals surface area contributed by atoms with E-state index in [1.807, 2.05) is 6.92 Å². The average Bonchev–Trinajstić information content (AvgIpc) is 2.07. The normalized spacial score (nSPS) is 29.5. The molecule has 2 atom stereocenters. The molecule has 0 aromatic heterocycles. The molecular formula is C11H23NO2S. The van der Waals surface area contributed by atoms with Gasteiger partial charge in [0.2, 0.25) is 0 Å². The Bertz CT molecular complexity index is 274. The molecular weight excluding hydrogens is 210 g/mol. The summed E-state index contributed by atoms with van der Waals surface area (Å²) in [5.41, 5.74) is 0. The molecule has 1 aliphatic rings. The third-order valence-corrected chi connectivity index (χ3v) is 4.88. The fourth-order valence-corrected chi connectivity index (χ4v) is 3.88. The fraction of sp³-hybridized carbons (Fsp3) is 1.00. The van der Waals surface area contributed by atoms with Crippen molar-refractivity contribution in [2.24, 2.45) is 0 Å². The van der Waals surface area contributed by atoms with E-state index in [9.17, 15) is 8.42 Å². The molecule has 4 heteroatoms. The molecule has 0 aliphatic heterocycles. The molecule has 1 saturated carbocycles. The second-order valence-corrected chi connectivity index (χ2v) is 6.79. The summed E-state index contributed by atoms with van der Waals surface area (Å²) in [6.45, 7) is 2.90. The monoisotopic (exact) mass is 233 g/mol. The molecule has 1 fully saturated rings. The Morgan fingerprint density at radius 1 is 1.13 bits per heavy atom. The van der Waals surface area contributed by atoms with Gasteiger partial charge in [-0.15, -0.1) is 0 Å². The van der Waals surface area contributed by atoms with Crippen LogP contribution in [0.2, 0.25) is 0 Å². The minimum atomic E-state index is -2.90. The third-order valence-electron chi connectivity index (χ3n) is 3.22. The quantitative estimate of drug-likeness (QED) is 0.807. The lowest BCUT2D eigenvalue weighted by Gasteiger charge is -2.28. The highest BCUT2D eigenvalue weighted by molar-refractivity contribution is 7.91. The van der Waals surface area contributed by atoms with Gasteiger partial charge in [-0.2, -0.15) is 0 Å². The van der Waals surface area contributed by atoms with Gasteiger partial charge in [-0.05, 0) is 19.4 Å². The summed E-state index contributed by atoms with van der Waals surface area (Å²) in [7, 11) is -2.90. The van der Waals surface area contributed by atoms with Crippen molar-refractivity contribution >= 4 is 9.84 Å². The van der Waals surface area contributed by atoms with Crippen LogP contribution in [-0.4, -0.2) is 32.5 Å². The standard InChI is InChI=1S/C11H23NO2S/c1-3-12-10-8-6-4-5-7-9-11(10)15(2,13)14/h10-12H,3-9H2,1-2H3. The number of sulfone groups is 1. The molecule has 1 rings (SSSR count). The second kappa shape index (κ2) is 5.85. The van der Waals surface area contributed by atoms with Gasteiger partial charge < -0.3 is 5.32 Å². The Kier molecular flexibility index (Phi) is 5.06. The van der Waals surface area contributed by atoms with Gasteiger partial charge in [0, 0.05) is 12.3 Å². The molecule has 0 heterocycles. The first kappa shape index (κ1) is 13.0. The Hall–Kier alpha value is -0.0900. The van der Waals surface area contributed by atoms with Gasteiger partial charge >= 0.3 is 0 Å². The highest BCUT2D eigenvalue weighted by atomic mass is 32.2. The summed E-state index contributed by atoms with van der Waals surface area (Å²) in [6, 6.07) is 0.172. The number of hydrogen-bond donors (Lipinski definition) is 1. The largest absolute Gasteiger partial charge is 0.313 e. The van der Waals surface area contributed by atoms with Crippen molar-refractivity contribution < 1.29 is 8.42 Å². The molecule has 0 saturated heterocycles. The van der Waals surface area contributed by atoms with Crippen LogP contribution < -0.4 is 5.32 Å². The van der Waals surface area contributed by atoms with E-state index >= 15 is 0 Å². The van der Waals surface area contributed by atoms with E-state index < -0.39 is 9.84 Å². The van der Waals surface area contributed by atoms with Crippen LogP contribution in [-0.2, 0) is 9.84 Å². The van der Waals surface area contributed by atoms with Crippen LogP contribution in [0.3, 0.4) is 0 Å². The zero-order valence-electron chi connectivity index (χ0n) is 9.83. The van der Waals surface area contributed by atoms with Gasteiger partial charge in [0.15, 0.2) is 9.84 Å². The summed E-state index contributed by atoms with van der Waals surface area (Å²) in [5, 5.41) is 3.16. The molecule has 0 radical (unpaired) electrons. The van der Waals surface area contributed by atoms with Crippen LogP contribution in [0.25, 0.3) is 0 Å². The maximum absolute atomic E-state index is 11.7. The van der Waals surface area contributed by atoms with E-state index in [0.717, 1.165) is 32.2 Å². The van der Waals surface area contributed by atoms with Gasteiger partial charge in [0.05, 0.1) is 5.25 Å². The minimum Gasteiger partial charge on any atom is -0.313 e. The van der Waals surface area contributed by atoms with Crippen LogP contribution in [0, 0.1) is 0 Å². The predicted octanol–water partition coefficient (Wildman–Crippen LogP) is 1.73. The summed E-state index contributed by atoms with van der Waals surface area (Å²) < 4.78 is 23.4. The van der Waals surface area contributed by atoms with Gasteiger partial charge in [0.25, 0.3) is 0 Å². The average molecular weight is 233 g/mol. The van der Waals surface area contributed by atoms with Crippen molar-refractivity contribution in [2.75, 3.05) is 12.8 Å². The molecule has 0 aromatic carbocycles. The maximum atomic E-state index is 11.7. The van der Waals surface area contributed by atoms with Crippen molar-refractivity contribution in [3.8, 4) is 0 Å². The number of nitrogens with one attached hydrogen (secondary N) is 1. The highest BCUT2D eigenvalue weighted by Crippen LogP contribution is 2.22. The lowest BCUT2D eigenvalue weighted by atomic mass is 9.96. The van der Waals surface area contributed by atoms with Crippen molar-refractivity contribution in [2.45, 2.75) is 56.7 Å². The molecule has 0 aromatic rings. The smallest absolute Gasteiger partial charge is 0.151 e. The summed E-state index contributed by atoms with van der Waals surface area (Å²) in [5.74, 6) is 0. The zero-order chi connectivity index (χ0) is 11.3. The van der Waals surface area contributed by atoms with Crippen LogP contribution >= 0.6 is 0 Å². The number of rotatable bonds is 3. The molecule has 2 unspecified atom stereocenters. The topological polar surface area (TPSA) is 46.2 Å². The molecule has 0 spiro atoms. The fourth-order valence-electron chi connectivity index (χ4n) is 2.46. The lowest BCUT2D eigenvalue weighted by molar-refractivity contribution is 0.393. The highest BCUT2D eigenvalue weighted by Gasteiger charge is 2.29. The first-order valence-corrected chi connectivity index (χ1v) is 7.93. The Morgan fingerprint density at radius 2 is 1.73 bits per heavy atom. The second-order valence-electron chi connectivity index (χ2n) is 4.52. The minimum absolute atomic E-state index is 0.169. The Labute approximate surface area is 93.6 Å². The van der Waals surface area contributed by atoms with Crippen LogP contribution in [0.1, 0.15) is 45.4 Å². The Balaban J connectivity index is 2.73. The first-order valence-electron chi connectivity index (χ1n) is 5.98. The predicted molar refractivity (Wildman–Crippen MR) is 63.8 cm³/mol. The molecule has 15 heavy (non-hydrogen) atoms. The first-order chi connectivity index (χ1) is 7.05. The van der Waals surface area contributed by atoms with Crippen LogP contribution in [0.5, 0.6) is 0 Å². The molecule has 90 valence electrons. The van der Waals surface area contributed by atoms with Crippen molar-refractivity contribution in [1.29, 1.82) is 0 Å². The molecule has 0 amide bonds. The van der Waals surface area contributed by atoms with E-state index in [2.05, 4.69) is 5.32 Å². The summed E-state index contributed by atoms with van der Waals surface area (Å²) >= 11 is 0. The summed E-state index contributed by atoms with van der Waals surface area (Å²) in [4.78, 5) is 0. The van der Waals surface area contributed by atoms with E-state index in [1.54, 1.807) is 0 Å². The van der Waals surface area contributed by atoms with Gasteiger partial charge in [-0.25, -0.2) is 8.42 Å². The van der Waals surface area contributed by atoms with E-state index in [1.165, 1.54) is 19.1 Å². The zero-order valence-corrected chi connectivity index (χ0v) is 10.6. The molecule has 1 aliphatic carbocycles. The van der Waals surface area contributed by atoms with Crippen molar-refractivity contribution in [3.63, 3.8) is 0 Å². The lowest BCUT2D eigenvalue weighted by Crippen LogP contribution is -2.44. The van der Waals surface area contributed by atoms with Gasteiger partial charge in [-0.3, -0.25) is 0 Å². The summed E-state index contributed by atoms with van der Waals surface area (Å²) in [6.07, 6.45) is 7.86. The molecule has 3 nitrogen and oxygen atoms in total. The van der Waals surface area contributed by atoms with Crippen LogP contribution in [0.4, 0.5) is 0 Å².